The summed E-state index contributed by atoms with van der Waals surface area (Å²) < 4.78 is 16.7. The minimum Gasteiger partial charge on any atom is -0.462 e. The molecule has 6 nitrogen and oxygen atoms in total. The third-order valence-electron chi connectivity index (χ3n) is 10.3. The first-order valence-corrected chi connectivity index (χ1v) is 26.3. The SMILES string of the molecule is CC/C=C\C/C=C\C/C=C\C/C=C\C/C=C\CCCC(=O)OCC(COC(=O)CCC/C=C\C/C=C\C/C=C\C/C=C\C/C=C\CC)OC(=O)CCCCCCC/C=C\C/C=C\CCCCC. The van der Waals surface area contributed by atoms with Crippen molar-refractivity contribution in [3.8, 4) is 0 Å². The Kier molecular flexibility index (Phi) is 50.1. The Morgan fingerprint density at radius 1 is 0.313 bits per heavy atom. The highest BCUT2D eigenvalue weighted by atomic mass is 16.6. The van der Waals surface area contributed by atoms with Gasteiger partial charge in [-0.05, 0) is 128 Å². The van der Waals surface area contributed by atoms with E-state index in [-0.39, 0.29) is 50.4 Å². The van der Waals surface area contributed by atoms with Crippen LogP contribution in [0.15, 0.2) is 146 Å². The number of esters is 3. The lowest BCUT2D eigenvalue weighted by Gasteiger charge is -2.18. The van der Waals surface area contributed by atoms with Crippen molar-refractivity contribution in [1.29, 1.82) is 0 Å². The Bertz CT molecular complexity index is 1440. The summed E-state index contributed by atoms with van der Waals surface area (Å²) in [5.41, 5.74) is 0. The van der Waals surface area contributed by atoms with Crippen LogP contribution in [0.2, 0.25) is 0 Å². The van der Waals surface area contributed by atoms with Gasteiger partial charge in [-0.2, -0.15) is 0 Å². The first kappa shape index (κ1) is 62.3. The van der Waals surface area contributed by atoms with E-state index in [1.807, 2.05) is 0 Å². The molecule has 0 N–H and O–H groups in total. The monoisotopic (exact) mass is 923 g/mol. The highest BCUT2D eigenvalue weighted by Gasteiger charge is 2.19. The maximum absolute atomic E-state index is 12.8. The normalized spacial score (nSPS) is 12.9. The van der Waals surface area contributed by atoms with Gasteiger partial charge in [-0.3, -0.25) is 14.4 Å². The molecule has 0 heterocycles. The molecule has 0 aromatic heterocycles. The standard InChI is InChI=1S/C61H94O6/c1-4-7-10-13-16-19-22-25-28-30-33-35-38-41-44-47-50-53-59(62)65-56-58(67-61(64)55-52-49-46-43-40-37-32-27-24-21-18-15-12-9-6-3)57-66-60(63)54-51-48-45-42-39-36-34-31-29-26-23-20-17-14-11-8-5-2/h7-8,10-11,16-21,25-29,32-36,41-42,44-45,58H,4-6,9,12-15,22-24,30-31,37-40,43,46-57H2,1-3H3/b10-7-,11-8-,19-16-,20-17-,21-18-,28-25-,29-26-,32-27-,35-33-,36-34-,44-41-,45-42-. The summed E-state index contributed by atoms with van der Waals surface area (Å²) in [5.74, 6) is -1.07. The molecule has 0 saturated carbocycles. The second kappa shape index (κ2) is 53.9. The highest BCUT2D eigenvalue weighted by Crippen LogP contribution is 2.11. The van der Waals surface area contributed by atoms with Gasteiger partial charge in [0.2, 0.25) is 0 Å². The molecule has 0 amide bonds. The van der Waals surface area contributed by atoms with Crippen LogP contribution < -0.4 is 0 Å². The second-order valence-corrected chi connectivity index (χ2v) is 16.7. The Morgan fingerprint density at radius 2 is 0.597 bits per heavy atom. The summed E-state index contributed by atoms with van der Waals surface area (Å²) in [7, 11) is 0. The van der Waals surface area contributed by atoms with Gasteiger partial charge < -0.3 is 14.2 Å². The third-order valence-corrected chi connectivity index (χ3v) is 10.3. The lowest BCUT2D eigenvalue weighted by atomic mass is 10.1. The van der Waals surface area contributed by atoms with Gasteiger partial charge in [0.1, 0.15) is 13.2 Å². The van der Waals surface area contributed by atoms with Crippen molar-refractivity contribution in [2.45, 2.75) is 207 Å². The van der Waals surface area contributed by atoms with Gasteiger partial charge in [0.15, 0.2) is 6.10 Å². The van der Waals surface area contributed by atoms with Crippen molar-refractivity contribution < 1.29 is 28.6 Å². The van der Waals surface area contributed by atoms with Crippen LogP contribution in [0.1, 0.15) is 201 Å². The van der Waals surface area contributed by atoms with Crippen molar-refractivity contribution in [1.82, 2.24) is 0 Å². The lowest BCUT2D eigenvalue weighted by Crippen LogP contribution is -2.30. The summed E-state index contributed by atoms with van der Waals surface area (Å²) in [6, 6.07) is 0. The maximum atomic E-state index is 12.8. The average molecular weight is 923 g/mol. The molecule has 0 rings (SSSR count). The molecule has 374 valence electrons. The van der Waals surface area contributed by atoms with E-state index in [0.29, 0.717) is 12.8 Å². The first-order valence-electron chi connectivity index (χ1n) is 26.3. The van der Waals surface area contributed by atoms with Gasteiger partial charge in [0.25, 0.3) is 0 Å². The predicted molar refractivity (Wildman–Crippen MR) is 288 cm³/mol. The van der Waals surface area contributed by atoms with Crippen LogP contribution in [0.3, 0.4) is 0 Å². The molecule has 0 atom stereocenters. The number of rotatable bonds is 45. The van der Waals surface area contributed by atoms with E-state index in [0.717, 1.165) is 122 Å². The van der Waals surface area contributed by atoms with Gasteiger partial charge >= 0.3 is 17.9 Å². The molecule has 0 spiro atoms. The van der Waals surface area contributed by atoms with Crippen LogP contribution in [0.25, 0.3) is 0 Å². The number of unbranched alkanes of at least 4 members (excludes halogenated alkanes) is 10. The van der Waals surface area contributed by atoms with Crippen LogP contribution in [0.5, 0.6) is 0 Å². The van der Waals surface area contributed by atoms with Crippen molar-refractivity contribution in [2.24, 2.45) is 0 Å². The smallest absolute Gasteiger partial charge is 0.306 e. The fourth-order valence-corrected chi connectivity index (χ4v) is 6.42. The highest BCUT2D eigenvalue weighted by molar-refractivity contribution is 5.71. The molecule has 0 fully saturated rings. The Balaban J connectivity index is 4.62. The second-order valence-electron chi connectivity index (χ2n) is 16.7. The Morgan fingerprint density at radius 3 is 0.955 bits per heavy atom. The molecule has 67 heavy (non-hydrogen) atoms. The quantitative estimate of drug-likeness (QED) is 0.0262. The minimum absolute atomic E-state index is 0.137. The summed E-state index contributed by atoms with van der Waals surface area (Å²) in [6.07, 6.45) is 76.9. The van der Waals surface area contributed by atoms with E-state index in [1.165, 1.54) is 25.7 Å². The molecular weight excluding hydrogens is 829 g/mol. The zero-order valence-corrected chi connectivity index (χ0v) is 42.6. The van der Waals surface area contributed by atoms with E-state index in [1.54, 1.807) is 0 Å². The first-order chi connectivity index (χ1) is 33.0. The molecule has 0 radical (unpaired) electrons. The van der Waals surface area contributed by atoms with Crippen molar-refractivity contribution >= 4 is 17.9 Å². The number of carbonyl (C=O) groups excluding carboxylic acids is 3. The number of hydrogen-bond acceptors (Lipinski definition) is 6. The molecule has 0 aromatic carbocycles. The molecule has 0 saturated heterocycles. The zero-order chi connectivity index (χ0) is 48.6. The summed E-state index contributed by atoms with van der Waals surface area (Å²) >= 11 is 0. The minimum atomic E-state index is -0.838. The molecule has 6 heteroatoms. The van der Waals surface area contributed by atoms with E-state index < -0.39 is 6.10 Å². The van der Waals surface area contributed by atoms with Crippen LogP contribution >= 0.6 is 0 Å². The van der Waals surface area contributed by atoms with Crippen LogP contribution in [-0.2, 0) is 28.6 Å². The molecule has 0 aliphatic heterocycles. The van der Waals surface area contributed by atoms with Crippen LogP contribution in [0.4, 0.5) is 0 Å². The van der Waals surface area contributed by atoms with Crippen molar-refractivity contribution in [2.75, 3.05) is 13.2 Å². The number of ether oxygens (including phenoxy) is 3. The number of hydrogen-bond donors (Lipinski definition) is 0. The molecule has 0 aliphatic rings. The zero-order valence-electron chi connectivity index (χ0n) is 42.6. The molecular formula is C61H94O6. The van der Waals surface area contributed by atoms with E-state index >= 15 is 0 Å². The van der Waals surface area contributed by atoms with Gasteiger partial charge in [-0.25, -0.2) is 0 Å². The van der Waals surface area contributed by atoms with Crippen LogP contribution in [0, 0.1) is 0 Å². The third kappa shape index (κ3) is 52.1. The largest absolute Gasteiger partial charge is 0.462 e. The number of allylic oxidation sites excluding steroid dienone is 24. The van der Waals surface area contributed by atoms with E-state index in [2.05, 4.69) is 167 Å². The van der Waals surface area contributed by atoms with Gasteiger partial charge in [0, 0.05) is 19.3 Å². The van der Waals surface area contributed by atoms with Crippen molar-refractivity contribution in [3.63, 3.8) is 0 Å². The average Bonchev–Trinajstić information content (AvgIpc) is 3.33. The van der Waals surface area contributed by atoms with Crippen LogP contribution in [-0.4, -0.2) is 37.2 Å². The van der Waals surface area contributed by atoms with Gasteiger partial charge in [-0.15, -0.1) is 0 Å². The summed E-state index contributed by atoms with van der Waals surface area (Å²) in [6.45, 7) is 6.25. The van der Waals surface area contributed by atoms with Crippen molar-refractivity contribution in [3.05, 3.63) is 146 Å². The predicted octanol–water partition coefficient (Wildman–Crippen LogP) is 17.6. The molecule has 0 aromatic rings. The summed E-state index contributed by atoms with van der Waals surface area (Å²) in [4.78, 5) is 38.0. The fraction of sp³-hybridized carbons (Fsp3) is 0.557. The fourth-order valence-electron chi connectivity index (χ4n) is 6.42. The lowest BCUT2D eigenvalue weighted by molar-refractivity contribution is -0.167. The Labute approximate surface area is 410 Å². The van der Waals surface area contributed by atoms with Gasteiger partial charge in [-0.1, -0.05) is 199 Å². The van der Waals surface area contributed by atoms with E-state index in [9.17, 15) is 14.4 Å². The molecule has 0 bridgehead atoms. The summed E-state index contributed by atoms with van der Waals surface area (Å²) in [5, 5.41) is 0. The number of carbonyl (C=O) groups is 3. The maximum Gasteiger partial charge on any atom is 0.306 e. The molecule has 0 aliphatic carbocycles. The van der Waals surface area contributed by atoms with E-state index in [4.69, 9.17) is 14.2 Å². The van der Waals surface area contributed by atoms with Gasteiger partial charge in [0.05, 0.1) is 0 Å². The Hall–Kier alpha value is -4.71. The molecule has 0 unspecified atom stereocenters. The topological polar surface area (TPSA) is 78.9 Å².